The predicted octanol–water partition coefficient (Wildman–Crippen LogP) is 4.34. The number of hydrogen-bond donors (Lipinski definition) is 1. The summed E-state index contributed by atoms with van der Waals surface area (Å²) in [6.45, 7) is 14.4. The maximum Gasteiger partial charge on any atom is 0.103 e. The molecular weight excluding hydrogens is 258 g/mol. The summed E-state index contributed by atoms with van der Waals surface area (Å²) in [6, 6.07) is 3.12. The predicted molar refractivity (Wildman–Crippen MR) is 92.4 cm³/mol. The fourth-order valence-electron chi connectivity index (χ4n) is 2.55. The SMILES string of the molecule is CCCCN(CCCCC(C)(C#N)NCCC)C(C)CC. The fourth-order valence-corrected chi connectivity index (χ4v) is 2.55. The molecule has 2 unspecified atom stereocenters. The van der Waals surface area contributed by atoms with E-state index >= 15 is 0 Å². The molecule has 21 heavy (non-hydrogen) atoms. The van der Waals surface area contributed by atoms with E-state index in [1.54, 1.807) is 0 Å². The van der Waals surface area contributed by atoms with Crippen molar-refractivity contribution in [3.05, 3.63) is 0 Å². The smallest absolute Gasteiger partial charge is 0.103 e. The summed E-state index contributed by atoms with van der Waals surface area (Å²) in [4.78, 5) is 2.62. The second-order valence-electron chi connectivity index (χ2n) is 6.47. The molecule has 0 aliphatic rings. The summed E-state index contributed by atoms with van der Waals surface area (Å²) in [5.74, 6) is 0. The number of nitrogens with one attached hydrogen (secondary N) is 1. The third-order valence-electron chi connectivity index (χ3n) is 4.40. The first-order valence-electron chi connectivity index (χ1n) is 8.93. The Morgan fingerprint density at radius 3 is 2.29 bits per heavy atom. The lowest BCUT2D eigenvalue weighted by Gasteiger charge is -2.29. The van der Waals surface area contributed by atoms with Crippen LogP contribution in [0.4, 0.5) is 0 Å². The quantitative estimate of drug-likeness (QED) is 0.514. The van der Waals surface area contributed by atoms with Crippen LogP contribution in [-0.2, 0) is 0 Å². The summed E-state index contributed by atoms with van der Waals surface area (Å²) in [7, 11) is 0. The Bertz CT molecular complexity index is 285. The number of unbranched alkanes of at least 4 members (excludes halogenated alkanes) is 2. The zero-order chi connectivity index (χ0) is 16.1. The molecule has 0 bridgehead atoms. The van der Waals surface area contributed by atoms with Crippen molar-refractivity contribution < 1.29 is 0 Å². The van der Waals surface area contributed by atoms with Crippen LogP contribution in [0.2, 0.25) is 0 Å². The van der Waals surface area contributed by atoms with Crippen LogP contribution >= 0.6 is 0 Å². The topological polar surface area (TPSA) is 39.1 Å². The van der Waals surface area contributed by atoms with Crippen LogP contribution in [0.1, 0.15) is 79.6 Å². The first-order valence-corrected chi connectivity index (χ1v) is 8.93. The lowest BCUT2D eigenvalue weighted by atomic mass is 9.96. The Morgan fingerprint density at radius 2 is 1.76 bits per heavy atom. The number of nitrogens with zero attached hydrogens (tertiary/aromatic N) is 2. The average molecular weight is 296 g/mol. The van der Waals surface area contributed by atoms with E-state index in [0.717, 1.165) is 25.8 Å². The highest BCUT2D eigenvalue weighted by Crippen LogP contribution is 2.15. The molecule has 0 aliphatic carbocycles. The monoisotopic (exact) mass is 295 g/mol. The lowest BCUT2D eigenvalue weighted by Crippen LogP contribution is -2.41. The number of hydrogen-bond acceptors (Lipinski definition) is 3. The number of rotatable bonds is 13. The van der Waals surface area contributed by atoms with Crippen LogP contribution in [-0.4, -0.2) is 36.1 Å². The molecule has 0 aromatic rings. The molecule has 0 rings (SSSR count). The minimum Gasteiger partial charge on any atom is -0.301 e. The van der Waals surface area contributed by atoms with Gasteiger partial charge in [-0.1, -0.05) is 27.2 Å². The molecular formula is C18H37N3. The largest absolute Gasteiger partial charge is 0.301 e. The van der Waals surface area contributed by atoms with Crippen molar-refractivity contribution in [3.8, 4) is 6.07 Å². The standard InChI is InChI=1S/C18H37N3/c1-6-9-14-21(17(4)8-3)15-11-10-12-18(5,16-19)20-13-7-2/h17,20H,6-15H2,1-5H3. The Kier molecular flexibility index (Phi) is 11.7. The molecule has 124 valence electrons. The van der Waals surface area contributed by atoms with Gasteiger partial charge in [0.1, 0.15) is 5.54 Å². The fraction of sp³-hybridized carbons (Fsp3) is 0.944. The van der Waals surface area contributed by atoms with Gasteiger partial charge < -0.3 is 4.90 Å². The Hall–Kier alpha value is -0.590. The Balaban J connectivity index is 4.10. The van der Waals surface area contributed by atoms with Crippen molar-refractivity contribution in [2.24, 2.45) is 0 Å². The molecule has 0 radical (unpaired) electrons. The molecule has 0 saturated heterocycles. The second-order valence-corrected chi connectivity index (χ2v) is 6.47. The van der Waals surface area contributed by atoms with E-state index in [-0.39, 0.29) is 5.54 Å². The maximum atomic E-state index is 9.34. The molecule has 0 spiro atoms. The van der Waals surface area contributed by atoms with Gasteiger partial charge in [-0.2, -0.15) is 5.26 Å². The van der Waals surface area contributed by atoms with Crippen LogP contribution in [0.3, 0.4) is 0 Å². The van der Waals surface area contributed by atoms with E-state index < -0.39 is 0 Å². The molecule has 0 aromatic carbocycles. The molecule has 0 amide bonds. The van der Waals surface area contributed by atoms with E-state index in [9.17, 15) is 5.26 Å². The van der Waals surface area contributed by atoms with Gasteiger partial charge in [-0.3, -0.25) is 5.32 Å². The van der Waals surface area contributed by atoms with Gasteiger partial charge >= 0.3 is 0 Å². The molecule has 0 aromatic heterocycles. The van der Waals surface area contributed by atoms with E-state index in [1.807, 2.05) is 6.92 Å². The van der Waals surface area contributed by atoms with Gasteiger partial charge in [-0.25, -0.2) is 0 Å². The average Bonchev–Trinajstić information content (AvgIpc) is 2.51. The maximum absolute atomic E-state index is 9.34. The summed E-state index contributed by atoms with van der Waals surface area (Å²) >= 11 is 0. The summed E-state index contributed by atoms with van der Waals surface area (Å²) in [6.07, 6.45) is 8.12. The van der Waals surface area contributed by atoms with Crippen molar-refractivity contribution in [3.63, 3.8) is 0 Å². The third kappa shape index (κ3) is 9.11. The molecule has 2 atom stereocenters. The number of nitriles is 1. The normalized spacial score (nSPS) is 15.7. The molecule has 3 nitrogen and oxygen atoms in total. The summed E-state index contributed by atoms with van der Waals surface area (Å²) < 4.78 is 0. The van der Waals surface area contributed by atoms with Crippen molar-refractivity contribution >= 4 is 0 Å². The van der Waals surface area contributed by atoms with Crippen molar-refractivity contribution in [1.29, 1.82) is 5.26 Å². The zero-order valence-corrected chi connectivity index (χ0v) is 15.0. The molecule has 0 saturated carbocycles. The van der Waals surface area contributed by atoms with E-state index in [1.165, 1.54) is 38.8 Å². The van der Waals surface area contributed by atoms with Crippen molar-refractivity contribution in [1.82, 2.24) is 10.2 Å². The molecule has 1 N–H and O–H groups in total. The van der Waals surface area contributed by atoms with Crippen molar-refractivity contribution in [2.75, 3.05) is 19.6 Å². The highest BCUT2D eigenvalue weighted by molar-refractivity contribution is 5.03. The minimum atomic E-state index is -0.347. The molecule has 0 aliphatic heterocycles. The first kappa shape index (κ1) is 20.4. The Labute approximate surface area is 133 Å². The van der Waals surface area contributed by atoms with Gasteiger partial charge in [0.05, 0.1) is 6.07 Å². The van der Waals surface area contributed by atoms with Crippen LogP contribution in [0.15, 0.2) is 0 Å². The third-order valence-corrected chi connectivity index (χ3v) is 4.40. The van der Waals surface area contributed by atoms with Gasteiger partial charge in [-0.15, -0.1) is 0 Å². The van der Waals surface area contributed by atoms with Gasteiger partial charge in [0.15, 0.2) is 0 Å². The van der Waals surface area contributed by atoms with Crippen LogP contribution in [0.25, 0.3) is 0 Å². The van der Waals surface area contributed by atoms with Gasteiger partial charge in [0.2, 0.25) is 0 Å². The van der Waals surface area contributed by atoms with Crippen LogP contribution in [0.5, 0.6) is 0 Å². The minimum absolute atomic E-state index is 0.347. The molecule has 0 heterocycles. The van der Waals surface area contributed by atoms with E-state index in [0.29, 0.717) is 6.04 Å². The highest BCUT2D eigenvalue weighted by atomic mass is 15.1. The van der Waals surface area contributed by atoms with Crippen molar-refractivity contribution in [2.45, 2.75) is 91.1 Å². The van der Waals surface area contributed by atoms with Crippen LogP contribution in [0, 0.1) is 11.3 Å². The first-order chi connectivity index (χ1) is 10.0. The van der Waals surface area contributed by atoms with E-state index in [4.69, 9.17) is 0 Å². The lowest BCUT2D eigenvalue weighted by molar-refractivity contribution is 0.195. The van der Waals surface area contributed by atoms with Crippen LogP contribution < -0.4 is 5.32 Å². The van der Waals surface area contributed by atoms with Gasteiger partial charge in [0.25, 0.3) is 0 Å². The van der Waals surface area contributed by atoms with E-state index in [2.05, 4.69) is 44.0 Å². The highest BCUT2D eigenvalue weighted by Gasteiger charge is 2.22. The molecule has 3 heteroatoms. The molecule has 0 fully saturated rings. The summed E-state index contributed by atoms with van der Waals surface area (Å²) in [5.41, 5.74) is -0.347. The van der Waals surface area contributed by atoms with Gasteiger partial charge in [-0.05, 0) is 72.0 Å². The van der Waals surface area contributed by atoms with Gasteiger partial charge in [0, 0.05) is 6.04 Å². The Morgan fingerprint density at radius 1 is 1.10 bits per heavy atom. The zero-order valence-electron chi connectivity index (χ0n) is 15.0. The summed E-state index contributed by atoms with van der Waals surface area (Å²) in [5, 5.41) is 12.7. The second kappa shape index (κ2) is 12.0.